The minimum absolute atomic E-state index is 0.0446. The predicted octanol–water partition coefficient (Wildman–Crippen LogP) is 1.84. The summed E-state index contributed by atoms with van der Waals surface area (Å²) in [4.78, 5) is 33.5. The molecule has 10 heteroatoms. The molecule has 0 spiro atoms. The van der Waals surface area contributed by atoms with Gasteiger partial charge in [0.2, 0.25) is 11.9 Å². The SMILES string of the molecule is COC(=O)C1CN(c2ncc(OCc3c(Cl)cccc3Cl)cn2)CC(=O)N1. The van der Waals surface area contributed by atoms with Crippen molar-refractivity contribution in [3.63, 3.8) is 0 Å². The van der Waals surface area contributed by atoms with Crippen molar-refractivity contribution in [2.45, 2.75) is 12.6 Å². The number of nitrogens with zero attached hydrogens (tertiary/aromatic N) is 3. The largest absolute Gasteiger partial charge is 0.486 e. The lowest BCUT2D eigenvalue weighted by atomic mass is 10.2. The quantitative estimate of drug-likeness (QED) is 0.751. The van der Waals surface area contributed by atoms with Crippen LogP contribution in [0.5, 0.6) is 5.75 Å². The smallest absolute Gasteiger partial charge is 0.330 e. The number of ether oxygens (including phenoxy) is 2. The van der Waals surface area contributed by atoms with Gasteiger partial charge in [-0.25, -0.2) is 14.8 Å². The molecule has 1 fully saturated rings. The number of nitrogens with one attached hydrogen (secondary N) is 1. The van der Waals surface area contributed by atoms with Gasteiger partial charge >= 0.3 is 5.97 Å². The Morgan fingerprint density at radius 2 is 1.96 bits per heavy atom. The zero-order chi connectivity index (χ0) is 19.4. The van der Waals surface area contributed by atoms with Crippen LogP contribution in [0.25, 0.3) is 0 Å². The fourth-order valence-electron chi connectivity index (χ4n) is 2.54. The van der Waals surface area contributed by atoms with Crippen LogP contribution in [-0.2, 0) is 20.9 Å². The van der Waals surface area contributed by atoms with Crippen LogP contribution >= 0.6 is 23.2 Å². The average molecular weight is 411 g/mol. The maximum absolute atomic E-state index is 11.8. The summed E-state index contributed by atoms with van der Waals surface area (Å²) in [5, 5.41) is 3.58. The molecule has 1 aromatic heterocycles. The van der Waals surface area contributed by atoms with Crippen molar-refractivity contribution in [2.75, 3.05) is 25.1 Å². The zero-order valence-electron chi connectivity index (χ0n) is 14.3. The first-order valence-corrected chi connectivity index (χ1v) is 8.73. The van der Waals surface area contributed by atoms with E-state index in [1.807, 2.05) is 0 Å². The van der Waals surface area contributed by atoms with E-state index >= 15 is 0 Å². The predicted molar refractivity (Wildman–Crippen MR) is 99.0 cm³/mol. The Balaban J connectivity index is 1.66. The molecule has 0 radical (unpaired) electrons. The number of benzene rings is 1. The van der Waals surface area contributed by atoms with Gasteiger partial charge in [-0.1, -0.05) is 29.3 Å². The van der Waals surface area contributed by atoms with Crippen LogP contribution in [0, 0.1) is 0 Å². The third-order valence-electron chi connectivity index (χ3n) is 3.90. The molecule has 142 valence electrons. The first-order valence-electron chi connectivity index (χ1n) is 7.98. The molecule has 1 N–H and O–H groups in total. The van der Waals surface area contributed by atoms with Gasteiger partial charge in [-0.2, -0.15) is 0 Å². The maximum atomic E-state index is 11.8. The van der Waals surface area contributed by atoms with Crippen LogP contribution in [0.4, 0.5) is 5.95 Å². The molecule has 0 bridgehead atoms. The summed E-state index contributed by atoms with van der Waals surface area (Å²) in [6, 6.07) is 4.44. The van der Waals surface area contributed by atoms with Crippen molar-refractivity contribution in [1.82, 2.24) is 15.3 Å². The highest BCUT2D eigenvalue weighted by Crippen LogP contribution is 2.25. The third-order valence-corrected chi connectivity index (χ3v) is 4.61. The highest BCUT2D eigenvalue weighted by Gasteiger charge is 2.31. The van der Waals surface area contributed by atoms with Crippen LogP contribution in [0.1, 0.15) is 5.56 Å². The molecule has 1 saturated heterocycles. The Hall–Kier alpha value is -2.58. The Morgan fingerprint density at radius 1 is 1.30 bits per heavy atom. The number of methoxy groups -OCH3 is 1. The molecule has 1 aliphatic heterocycles. The van der Waals surface area contributed by atoms with E-state index in [1.165, 1.54) is 19.5 Å². The van der Waals surface area contributed by atoms with Gasteiger partial charge in [0.1, 0.15) is 12.6 Å². The first-order chi connectivity index (χ1) is 13.0. The summed E-state index contributed by atoms with van der Waals surface area (Å²) < 4.78 is 10.3. The summed E-state index contributed by atoms with van der Waals surface area (Å²) >= 11 is 12.2. The molecule has 1 aromatic carbocycles. The van der Waals surface area contributed by atoms with Crippen LogP contribution in [0.3, 0.4) is 0 Å². The van der Waals surface area contributed by atoms with Crippen LogP contribution in [-0.4, -0.2) is 48.1 Å². The molecular formula is C17H16Cl2N4O4. The van der Waals surface area contributed by atoms with E-state index in [4.69, 9.17) is 27.9 Å². The van der Waals surface area contributed by atoms with Gasteiger partial charge in [0.25, 0.3) is 0 Å². The number of rotatable bonds is 5. The number of carbonyl (C=O) groups excluding carboxylic acids is 2. The summed E-state index contributed by atoms with van der Waals surface area (Å²) in [6.07, 6.45) is 2.96. The van der Waals surface area contributed by atoms with E-state index in [9.17, 15) is 9.59 Å². The van der Waals surface area contributed by atoms with Gasteiger partial charge in [-0.3, -0.25) is 4.79 Å². The number of amides is 1. The van der Waals surface area contributed by atoms with Crippen molar-refractivity contribution in [3.8, 4) is 5.75 Å². The number of piperazine rings is 1. The number of halogens is 2. The summed E-state index contributed by atoms with van der Waals surface area (Å²) in [5.74, 6) is -0.110. The van der Waals surface area contributed by atoms with Crippen LogP contribution < -0.4 is 15.0 Å². The molecule has 1 atom stereocenters. The molecule has 8 nitrogen and oxygen atoms in total. The number of carbonyl (C=O) groups is 2. The van der Waals surface area contributed by atoms with E-state index in [1.54, 1.807) is 23.1 Å². The second kappa shape index (κ2) is 8.41. The third kappa shape index (κ3) is 4.58. The standard InChI is InChI=1S/C17H16Cl2N4O4/c1-26-16(25)14-7-23(8-15(24)22-14)17-20-5-10(6-21-17)27-9-11-12(18)3-2-4-13(11)19/h2-6,14H,7-9H2,1H3,(H,22,24). The molecule has 1 amide bonds. The topological polar surface area (TPSA) is 93.7 Å². The molecule has 0 saturated carbocycles. The minimum atomic E-state index is -0.766. The van der Waals surface area contributed by atoms with Crippen LogP contribution in [0.2, 0.25) is 10.0 Å². The number of aromatic nitrogens is 2. The van der Waals surface area contributed by atoms with Gasteiger partial charge in [0.15, 0.2) is 5.75 Å². The fourth-order valence-corrected chi connectivity index (χ4v) is 3.05. The number of anilines is 1. The average Bonchev–Trinajstić information content (AvgIpc) is 2.67. The Kier molecular flexibility index (Phi) is 5.98. The van der Waals surface area contributed by atoms with Gasteiger partial charge in [-0.15, -0.1) is 0 Å². The lowest BCUT2D eigenvalue weighted by Crippen LogP contribution is -2.58. The second-order valence-corrected chi connectivity index (χ2v) is 6.55. The summed E-state index contributed by atoms with van der Waals surface area (Å²) in [6.45, 7) is 0.425. The maximum Gasteiger partial charge on any atom is 0.330 e. The zero-order valence-corrected chi connectivity index (χ0v) is 15.8. The van der Waals surface area contributed by atoms with E-state index in [-0.39, 0.29) is 25.6 Å². The molecular weight excluding hydrogens is 395 g/mol. The lowest BCUT2D eigenvalue weighted by Gasteiger charge is -2.31. The Bertz CT molecular complexity index is 827. The second-order valence-electron chi connectivity index (χ2n) is 5.73. The van der Waals surface area contributed by atoms with Gasteiger partial charge in [-0.05, 0) is 12.1 Å². The van der Waals surface area contributed by atoms with E-state index in [0.29, 0.717) is 27.3 Å². The number of esters is 1. The highest BCUT2D eigenvalue weighted by molar-refractivity contribution is 6.35. The fraction of sp³-hybridized carbons (Fsp3) is 0.294. The highest BCUT2D eigenvalue weighted by atomic mass is 35.5. The van der Waals surface area contributed by atoms with Crippen molar-refractivity contribution in [2.24, 2.45) is 0 Å². The van der Waals surface area contributed by atoms with Gasteiger partial charge < -0.3 is 19.7 Å². The summed E-state index contributed by atoms with van der Waals surface area (Å²) in [5.41, 5.74) is 0.665. The normalized spacial score (nSPS) is 16.6. The molecule has 3 rings (SSSR count). The number of hydrogen-bond donors (Lipinski definition) is 1. The molecule has 0 aliphatic carbocycles. The van der Waals surface area contributed by atoms with Gasteiger partial charge in [0, 0.05) is 15.6 Å². The van der Waals surface area contributed by atoms with Crippen molar-refractivity contribution in [1.29, 1.82) is 0 Å². The Labute approximate surface area is 165 Å². The van der Waals surface area contributed by atoms with Crippen molar-refractivity contribution < 1.29 is 19.1 Å². The monoisotopic (exact) mass is 410 g/mol. The first kappa shape index (κ1) is 19.2. The molecule has 1 aliphatic rings. The molecule has 1 unspecified atom stereocenters. The van der Waals surface area contributed by atoms with Crippen LogP contribution in [0.15, 0.2) is 30.6 Å². The molecule has 27 heavy (non-hydrogen) atoms. The number of hydrogen-bond acceptors (Lipinski definition) is 7. The Morgan fingerprint density at radius 3 is 2.59 bits per heavy atom. The van der Waals surface area contributed by atoms with Gasteiger partial charge in [0.05, 0.1) is 32.6 Å². The lowest BCUT2D eigenvalue weighted by molar-refractivity contribution is -0.145. The van der Waals surface area contributed by atoms with E-state index in [0.717, 1.165) is 0 Å². The molecule has 2 aromatic rings. The van der Waals surface area contributed by atoms with E-state index < -0.39 is 12.0 Å². The summed E-state index contributed by atoms with van der Waals surface area (Å²) in [7, 11) is 1.27. The minimum Gasteiger partial charge on any atom is -0.486 e. The van der Waals surface area contributed by atoms with Crippen molar-refractivity contribution >= 4 is 41.0 Å². The van der Waals surface area contributed by atoms with Crippen molar-refractivity contribution in [3.05, 3.63) is 46.2 Å². The van der Waals surface area contributed by atoms with E-state index in [2.05, 4.69) is 20.0 Å². The molecule has 2 heterocycles.